The zero-order valence-electron chi connectivity index (χ0n) is 20.9. The molecule has 2 heterocycles. The summed E-state index contributed by atoms with van der Waals surface area (Å²) in [7, 11) is 10.6. The van der Waals surface area contributed by atoms with Gasteiger partial charge in [0.05, 0.1) is 37.3 Å². The van der Waals surface area contributed by atoms with Crippen LogP contribution in [-0.4, -0.2) is 37.6 Å². The molecule has 0 amide bonds. The zero-order chi connectivity index (χ0) is 24.9. The summed E-state index contributed by atoms with van der Waals surface area (Å²) < 4.78 is 5.16. The number of nitrogens with zero attached hydrogens (tertiary/aromatic N) is 2. The summed E-state index contributed by atoms with van der Waals surface area (Å²) in [6.07, 6.45) is 0. The van der Waals surface area contributed by atoms with Crippen molar-refractivity contribution >= 4 is 50.9 Å². The van der Waals surface area contributed by atoms with Gasteiger partial charge in [-0.3, -0.25) is 0 Å². The van der Waals surface area contributed by atoms with Gasteiger partial charge in [-0.1, -0.05) is 72.8 Å². The molecule has 0 spiro atoms. The minimum Gasteiger partial charge on any atom is -0.179 e. The third kappa shape index (κ3) is 3.50. The molecule has 2 aliphatic heterocycles. The lowest BCUT2D eigenvalue weighted by Crippen LogP contribution is -2.39. The van der Waals surface area contributed by atoms with E-state index < -0.39 is 14.6 Å². The minimum absolute atomic E-state index is 0.252. The highest BCUT2D eigenvalue weighted by Crippen LogP contribution is 2.66. The third-order valence-electron chi connectivity index (χ3n) is 8.07. The number of fused-ring (bicyclic) bond motifs is 2. The maximum Gasteiger partial charge on any atom is 0.399 e. The van der Waals surface area contributed by atoms with Crippen molar-refractivity contribution < 1.29 is 0 Å². The molecule has 174 valence electrons. The highest BCUT2D eigenvalue weighted by atomic mass is 31.2. The van der Waals surface area contributed by atoms with Gasteiger partial charge in [0.2, 0.25) is 0 Å². The van der Waals surface area contributed by atoms with Crippen molar-refractivity contribution in [1.82, 2.24) is 9.34 Å². The first-order valence-electron chi connectivity index (χ1n) is 12.7. The molecule has 0 saturated carbocycles. The van der Waals surface area contributed by atoms with Gasteiger partial charge in [0, 0.05) is 24.2 Å². The van der Waals surface area contributed by atoms with E-state index in [9.17, 15) is 0 Å². The Balaban J connectivity index is 1.40. The molecule has 0 N–H and O–H groups in total. The smallest absolute Gasteiger partial charge is 0.179 e. The molecular formula is C30H30B2N2P2+2. The molecule has 4 atom stereocenters. The second-order valence-electron chi connectivity index (χ2n) is 9.84. The molecule has 4 aromatic carbocycles. The van der Waals surface area contributed by atoms with E-state index in [1.54, 1.807) is 0 Å². The first-order chi connectivity index (χ1) is 17.5. The largest absolute Gasteiger partial charge is 0.399 e. The molecule has 6 heteroatoms. The number of hydrogen-bond acceptors (Lipinski definition) is 2. The van der Waals surface area contributed by atoms with Gasteiger partial charge < -0.3 is 0 Å². The Kier molecular flexibility index (Phi) is 6.22. The fraction of sp³-hybridized carbons (Fsp3) is 0.200. The molecule has 4 radical (unpaired) electrons. The normalized spacial score (nSPS) is 27.6. The van der Waals surface area contributed by atoms with Crippen molar-refractivity contribution in [1.29, 1.82) is 0 Å². The first kappa shape index (κ1) is 24.1. The van der Waals surface area contributed by atoms with Crippen LogP contribution in [0.3, 0.4) is 0 Å². The molecule has 0 saturated heterocycles. The van der Waals surface area contributed by atoms with Crippen molar-refractivity contribution in [2.45, 2.75) is 25.9 Å². The molecular weight excluding hydrogens is 472 g/mol. The van der Waals surface area contributed by atoms with E-state index in [4.69, 9.17) is 15.1 Å². The Hall–Kier alpha value is -2.21. The van der Waals surface area contributed by atoms with Gasteiger partial charge in [0.25, 0.3) is 0 Å². The predicted molar refractivity (Wildman–Crippen MR) is 160 cm³/mol. The Morgan fingerprint density at radius 3 is 1.25 bits per heavy atom. The summed E-state index contributed by atoms with van der Waals surface area (Å²) in [6, 6.07) is 39.4. The van der Waals surface area contributed by atoms with Crippen LogP contribution in [0.2, 0.25) is 0 Å². The van der Waals surface area contributed by atoms with E-state index in [1.807, 2.05) is 0 Å². The third-order valence-corrected chi connectivity index (χ3v) is 15.2. The van der Waals surface area contributed by atoms with Crippen LogP contribution in [0.25, 0.3) is 0 Å². The van der Waals surface area contributed by atoms with Crippen LogP contribution in [0.4, 0.5) is 0 Å². The first-order valence-corrected chi connectivity index (χ1v) is 16.3. The summed E-state index contributed by atoms with van der Waals surface area (Å²) in [6.45, 7) is 6.33. The summed E-state index contributed by atoms with van der Waals surface area (Å²) in [5.41, 5.74) is 2.71. The lowest BCUT2D eigenvalue weighted by atomic mass is 10.1. The second-order valence-corrected chi connectivity index (χ2v) is 15.6. The summed E-state index contributed by atoms with van der Waals surface area (Å²) in [5, 5.41) is 5.07. The van der Waals surface area contributed by atoms with Gasteiger partial charge in [-0.05, 0) is 50.2 Å². The van der Waals surface area contributed by atoms with Crippen molar-refractivity contribution in [3.8, 4) is 0 Å². The van der Waals surface area contributed by atoms with Crippen LogP contribution in [0.5, 0.6) is 0 Å². The van der Waals surface area contributed by atoms with E-state index in [2.05, 4.69) is 132 Å². The topological polar surface area (TPSA) is 6.48 Å². The summed E-state index contributed by atoms with van der Waals surface area (Å²) in [4.78, 5) is 0. The van der Waals surface area contributed by atoms with Crippen LogP contribution in [0, 0.1) is 0 Å². The van der Waals surface area contributed by atoms with Gasteiger partial charge in [-0.15, -0.1) is 0 Å². The van der Waals surface area contributed by atoms with Crippen LogP contribution < -0.4 is 21.2 Å². The molecule has 6 rings (SSSR count). The number of hydrogen-bond donors (Lipinski definition) is 0. The Morgan fingerprint density at radius 2 is 0.861 bits per heavy atom. The van der Waals surface area contributed by atoms with Crippen molar-refractivity contribution in [2.24, 2.45) is 0 Å². The number of rotatable bonds is 5. The average Bonchev–Trinajstić information content (AvgIpc) is 3.29. The SMILES string of the molecule is [B][P+]1(c2ccccc2)c2ccccc2C(C)N1CCN1C(C)c2ccccc2[P+]1([B])c1ccccc1. The van der Waals surface area contributed by atoms with E-state index >= 15 is 0 Å². The number of benzene rings is 4. The van der Waals surface area contributed by atoms with Crippen LogP contribution in [0.15, 0.2) is 109 Å². The Bertz CT molecular complexity index is 1280. The fourth-order valence-electron chi connectivity index (χ4n) is 6.24. The van der Waals surface area contributed by atoms with Gasteiger partial charge in [-0.2, -0.15) is 9.34 Å². The Labute approximate surface area is 219 Å². The van der Waals surface area contributed by atoms with E-state index in [-0.39, 0.29) is 12.1 Å². The van der Waals surface area contributed by atoms with E-state index in [0.29, 0.717) is 0 Å². The van der Waals surface area contributed by atoms with Crippen LogP contribution >= 0.6 is 14.6 Å². The lowest BCUT2D eigenvalue weighted by molar-refractivity contribution is 0.309. The van der Waals surface area contributed by atoms with E-state index in [1.165, 1.54) is 32.3 Å². The van der Waals surface area contributed by atoms with Crippen LogP contribution in [-0.2, 0) is 0 Å². The molecule has 0 aromatic heterocycles. The minimum atomic E-state index is -2.21. The lowest BCUT2D eigenvalue weighted by Gasteiger charge is -2.36. The molecule has 0 aliphatic carbocycles. The van der Waals surface area contributed by atoms with Crippen molar-refractivity contribution in [2.75, 3.05) is 13.1 Å². The molecule has 4 unspecified atom stereocenters. The molecule has 2 aliphatic rings. The van der Waals surface area contributed by atoms with Crippen molar-refractivity contribution in [3.63, 3.8) is 0 Å². The Morgan fingerprint density at radius 1 is 0.528 bits per heavy atom. The molecule has 36 heavy (non-hydrogen) atoms. The highest BCUT2D eigenvalue weighted by Gasteiger charge is 2.57. The highest BCUT2D eigenvalue weighted by molar-refractivity contribution is 8.07. The standard InChI is InChI=1S/C30H30B2N2P2/c1-23-27-17-9-11-19-29(27)35(31,25-13-5-3-6-14-25)33(23)21-22-34-24(2)28-18-10-12-20-30(28)36(34,32)26-15-7-4-8-16-26/h3-20,23-24H,21-22H2,1-2H3/q+2. The molecule has 0 fully saturated rings. The van der Waals surface area contributed by atoms with Gasteiger partial charge >= 0.3 is 15.1 Å². The van der Waals surface area contributed by atoms with E-state index in [0.717, 1.165) is 13.1 Å². The monoisotopic (exact) mass is 502 g/mol. The zero-order valence-corrected chi connectivity index (χ0v) is 22.7. The summed E-state index contributed by atoms with van der Waals surface area (Å²) in [5.74, 6) is 0. The molecule has 4 aromatic rings. The van der Waals surface area contributed by atoms with Gasteiger partial charge in [-0.25, -0.2) is 0 Å². The predicted octanol–water partition coefficient (Wildman–Crippen LogP) is 5.07. The second kappa shape index (κ2) is 9.27. The molecule has 0 bridgehead atoms. The quantitative estimate of drug-likeness (QED) is 0.278. The fourth-order valence-corrected chi connectivity index (χ4v) is 13.3. The summed E-state index contributed by atoms with van der Waals surface area (Å²) >= 11 is 0. The average molecular weight is 502 g/mol. The maximum absolute atomic E-state index is 7.51. The van der Waals surface area contributed by atoms with Crippen LogP contribution in [0.1, 0.15) is 37.1 Å². The van der Waals surface area contributed by atoms with Gasteiger partial charge in [0.1, 0.15) is 10.6 Å². The maximum atomic E-state index is 7.51. The van der Waals surface area contributed by atoms with Crippen molar-refractivity contribution in [3.05, 3.63) is 120 Å². The van der Waals surface area contributed by atoms with Gasteiger partial charge in [0.15, 0.2) is 0 Å². The molecule has 2 nitrogen and oxygen atoms in total.